The molecule has 178 valence electrons. The van der Waals surface area contributed by atoms with E-state index in [0.29, 0.717) is 28.9 Å². The minimum Gasteiger partial charge on any atom is -0.507 e. The number of nitrogens with two attached hydrogens (primary N) is 1. The molecule has 0 amide bonds. The molecule has 1 saturated heterocycles. The highest BCUT2D eigenvalue weighted by atomic mass is 16.3. The van der Waals surface area contributed by atoms with Crippen LogP contribution >= 0.6 is 0 Å². The summed E-state index contributed by atoms with van der Waals surface area (Å²) < 4.78 is 0. The summed E-state index contributed by atoms with van der Waals surface area (Å²) in [6.45, 7) is 5.43. The van der Waals surface area contributed by atoms with E-state index in [4.69, 9.17) is 10.7 Å². The van der Waals surface area contributed by atoms with Crippen LogP contribution in [0.5, 0.6) is 5.75 Å². The Hall–Kier alpha value is -3.72. The summed E-state index contributed by atoms with van der Waals surface area (Å²) in [4.78, 5) is 15.8. The standard InChI is InChI=1S/C25H32N8O/c1-18-11-14-32(21-17-20(29-30-25(21)26)19-7-4-5-8-22(19)34)15-16-33(18)24-10-12-27-23(28-24)9-6-13-31(2)3/h4-10,12,17-18,34H,11,13-16H2,1-3H3,(H2,26,30)/b9-6+/t18-/m0/s1. The van der Waals surface area contributed by atoms with Crippen LogP contribution in [0.3, 0.4) is 0 Å². The summed E-state index contributed by atoms with van der Waals surface area (Å²) in [6, 6.07) is 11.3. The topological polar surface area (TPSA) is 108 Å². The molecule has 3 N–H and O–H groups in total. The van der Waals surface area contributed by atoms with Crippen LogP contribution < -0.4 is 15.5 Å². The second-order valence-corrected chi connectivity index (χ2v) is 8.77. The number of aromatic hydroxyl groups is 1. The number of para-hydroxylation sites is 1. The highest BCUT2D eigenvalue weighted by molar-refractivity contribution is 5.74. The van der Waals surface area contributed by atoms with Crippen LogP contribution in [0, 0.1) is 0 Å². The summed E-state index contributed by atoms with van der Waals surface area (Å²) >= 11 is 0. The zero-order valence-electron chi connectivity index (χ0n) is 20.0. The molecule has 1 atom stereocenters. The minimum atomic E-state index is 0.169. The van der Waals surface area contributed by atoms with Crippen molar-refractivity contribution in [3.05, 3.63) is 54.5 Å². The van der Waals surface area contributed by atoms with Gasteiger partial charge in [-0.05, 0) is 57.8 Å². The molecule has 0 radical (unpaired) electrons. The Morgan fingerprint density at radius 1 is 1.15 bits per heavy atom. The third-order valence-electron chi connectivity index (χ3n) is 5.97. The summed E-state index contributed by atoms with van der Waals surface area (Å²) in [5.74, 6) is 2.19. The van der Waals surface area contributed by atoms with Gasteiger partial charge in [-0.3, -0.25) is 0 Å². The van der Waals surface area contributed by atoms with Crippen molar-refractivity contribution < 1.29 is 5.11 Å². The Labute approximate surface area is 200 Å². The van der Waals surface area contributed by atoms with Gasteiger partial charge in [0.15, 0.2) is 11.6 Å². The van der Waals surface area contributed by atoms with E-state index in [2.05, 4.69) is 42.9 Å². The number of hydrogen-bond acceptors (Lipinski definition) is 9. The van der Waals surface area contributed by atoms with Crippen LogP contribution in [-0.2, 0) is 0 Å². The van der Waals surface area contributed by atoms with Gasteiger partial charge in [0, 0.05) is 44.0 Å². The van der Waals surface area contributed by atoms with Crippen molar-refractivity contribution in [2.75, 3.05) is 55.8 Å². The largest absolute Gasteiger partial charge is 0.507 e. The van der Waals surface area contributed by atoms with E-state index in [1.54, 1.807) is 12.1 Å². The number of nitrogen functional groups attached to an aromatic ring is 1. The number of phenolic OH excluding ortho intramolecular Hbond substituents is 1. The number of anilines is 3. The first-order valence-corrected chi connectivity index (χ1v) is 11.5. The average molecular weight is 461 g/mol. The normalized spacial score (nSPS) is 16.9. The van der Waals surface area contributed by atoms with Crippen LogP contribution in [0.2, 0.25) is 0 Å². The highest BCUT2D eigenvalue weighted by Gasteiger charge is 2.24. The van der Waals surface area contributed by atoms with Gasteiger partial charge < -0.3 is 25.5 Å². The molecule has 4 rings (SSSR count). The quantitative estimate of drug-likeness (QED) is 0.574. The van der Waals surface area contributed by atoms with E-state index in [-0.39, 0.29) is 5.75 Å². The molecule has 9 heteroatoms. The number of rotatable bonds is 6. The maximum atomic E-state index is 10.2. The van der Waals surface area contributed by atoms with Gasteiger partial charge in [0.2, 0.25) is 0 Å². The Balaban J connectivity index is 1.54. The Kier molecular flexibility index (Phi) is 7.22. The van der Waals surface area contributed by atoms with Gasteiger partial charge in [-0.2, -0.15) is 0 Å². The van der Waals surface area contributed by atoms with Crippen molar-refractivity contribution in [3.63, 3.8) is 0 Å². The van der Waals surface area contributed by atoms with Gasteiger partial charge in [0.25, 0.3) is 0 Å². The zero-order chi connectivity index (χ0) is 24.1. The maximum Gasteiger partial charge on any atom is 0.169 e. The summed E-state index contributed by atoms with van der Waals surface area (Å²) in [5, 5.41) is 18.6. The van der Waals surface area contributed by atoms with Crippen molar-refractivity contribution in [3.8, 4) is 17.0 Å². The highest BCUT2D eigenvalue weighted by Crippen LogP contribution is 2.32. The smallest absolute Gasteiger partial charge is 0.169 e. The number of hydrogen-bond donors (Lipinski definition) is 2. The first-order chi connectivity index (χ1) is 16.4. The second kappa shape index (κ2) is 10.5. The Morgan fingerprint density at radius 3 is 2.76 bits per heavy atom. The number of aromatic nitrogens is 4. The van der Waals surface area contributed by atoms with Gasteiger partial charge in [-0.25, -0.2) is 9.97 Å². The lowest BCUT2D eigenvalue weighted by Gasteiger charge is -2.28. The lowest BCUT2D eigenvalue weighted by Crippen LogP contribution is -2.35. The third-order valence-corrected chi connectivity index (χ3v) is 5.97. The summed E-state index contributed by atoms with van der Waals surface area (Å²) in [6.07, 6.45) is 6.77. The summed E-state index contributed by atoms with van der Waals surface area (Å²) in [7, 11) is 4.06. The molecular weight excluding hydrogens is 428 g/mol. The molecule has 34 heavy (non-hydrogen) atoms. The molecule has 3 heterocycles. The molecule has 0 bridgehead atoms. The van der Waals surface area contributed by atoms with Crippen LogP contribution in [0.1, 0.15) is 19.2 Å². The SMILES string of the molecule is C[C@H]1CCN(c2cc(-c3ccccc3O)nnc2N)CCN1c1ccnc(/C=C/CN(C)C)n1. The van der Waals surface area contributed by atoms with Gasteiger partial charge >= 0.3 is 0 Å². The molecule has 1 aliphatic rings. The number of nitrogens with zero attached hydrogens (tertiary/aromatic N) is 7. The number of likely N-dealkylation sites (N-methyl/N-ethyl adjacent to an activating group) is 1. The van der Waals surface area contributed by atoms with Gasteiger partial charge in [0.1, 0.15) is 11.6 Å². The molecule has 9 nitrogen and oxygen atoms in total. The molecule has 0 aliphatic carbocycles. The third kappa shape index (κ3) is 5.43. The predicted octanol–water partition coefficient (Wildman–Crippen LogP) is 2.90. The minimum absolute atomic E-state index is 0.169. The van der Waals surface area contributed by atoms with E-state index in [1.165, 1.54) is 0 Å². The van der Waals surface area contributed by atoms with Crippen LogP contribution in [0.4, 0.5) is 17.3 Å². The van der Waals surface area contributed by atoms with Crippen molar-refractivity contribution in [2.24, 2.45) is 0 Å². The van der Waals surface area contributed by atoms with E-state index in [0.717, 1.165) is 44.1 Å². The molecule has 1 aliphatic heterocycles. The monoisotopic (exact) mass is 460 g/mol. The van der Waals surface area contributed by atoms with Crippen molar-refractivity contribution >= 4 is 23.4 Å². The first-order valence-electron chi connectivity index (χ1n) is 11.5. The number of benzene rings is 1. The van der Waals surface area contributed by atoms with E-state index in [1.807, 2.05) is 50.6 Å². The molecule has 2 aromatic heterocycles. The van der Waals surface area contributed by atoms with Gasteiger partial charge in [-0.15, -0.1) is 10.2 Å². The predicted molar refractivity (Wildman–Crippen MR) is 137 cm³/mol. The fourth-order valence-electron chi connectivity index (χ4n) is 4.08. The Morgan fingerprint density at radius 2 is 1.97 bits per heavy atom. The van der Waals surface area contributed by atoms with E-state index in [9.17, 15) is 5.11 Å². The lowest BCUT2D eigenvalue weighted by molar-refractivity contribution is 0.457. The second-order valence-electron chi connectivity index (χ2n) is 8.77. The summed E-state index contributed by atoms with van der Waals surface area (Å²) in [5.41, 5.74) is 8.30. The molecule has 0 saturated carbocycles. The molecule has 1 fully saturated rings. The molecular formula is C25H32N8O. The molecule has 0 spiro atoms. The maximum absolute atomic E-state index is 10.2. The van der Waals surface area contributed by atoms with Crippen LogP contribution in [-0.4, -0.2) is 76.5 Å². The lowest BCUT2D eigenvalue weighted by atomic mass is 10.1. The zero-order valence-corrected chi connectivity index (χ0v) is 20.0. The number of phenols is 1. The first kappa shape index (κ1) is 23.4. The van der Waals surface area contributed by atoms with Crippen molar-refractivity contribution in [1.82, 2.24) is 25.1 Å². The molecule has 0 unspecified atom stereocenters. The fourth-order valence-corrected chi connectivity index (χ4v) is 4.08. The molecule has 3 aromatic rings. The van der Waals surface area contributed by atoms with Crippen LogP contribution in [0.15, 0.2) is 48.7 Å². The Bertz CT molecular complexity index is 1150. The average Bonchev–Trinajstić information content (AvgIpc) is 3.01. The fraction of sp³-hybridized carbons (Fsp3) is 0.360. The van der Waals surface area contributed by atoms with Crippen molar-refractivity contribution in [1.29, 1.82) is 0 Å². The van der Waals surface area contributed by atoms with E-state index >= 15 is 0 Å². The van der Waals surface area contributed by atoms with Crippen molar-refractivity contribution in [2.45, 2.75) is 19.4 Å². The van der Waals surface area contributed by atoms with Crippen LogP contribution in [0.25, 0.3) is 17.3 Å². The van der Waals surface area contributed by atoms with Gasteiger partial charge in [0.05, 0.1) is 11.4 Å². The van der Waals surface area contributed by atoms with E-state index < -0.39 is 0 Å². The van der Waals surface area contributed by atoms with Gasteiger partial charge in [-0.1, -0.05) is 18.2 Å². The molecule has 1 aromatic carbocycles.